The molecule has 2 rings (SSSR count). The monoisotopic (exact) mass is 377 g/mol. The van der Waals surface area contributed by atoms with Gasteiger partial charge in [0.25, 0.3) is 0 Å². The molecule has 0 radical (unpaired) electrons. The van der Waals surface area contributed by atoms with Crippen molar-refractivity contribution in [3.8, 4) is 11.4 Å². The van der Waals surface area contributed by atoms with E-state index in [2.05, 4.69) is 21.4 Å². The Hall–Kier alpha value is -2.23. The third-order valence-corrected chi connectivity index (χ3v) is 5.31. The quantitative estimate of drug-likeness (QED) is 0.344. The molecular formula is C17H23N5O3S. The highest BCUT2D eigenvalue weighted by Crippen LogP contribution is 2.29. The van der Waals surface area contributed by atoms with Gasteiger partial charge in [-0.2, -0.15) is 5.10 Å². The van der Waals surface area contributed by atoms with Crippen LogP contribution in [-0.2, 0) is 18.4 Å². The van der Waals surface area contributed by atoms with Crippen molar-refractivity contribution in [3.63, 3.8) is 0 Å². The Balaban J connectivity index is 2.42. The zero-order valence-corrected chi connectivity index (χ0v) is 16.1. The lowest BCUT2D eigenvalue weighted by Crippen LogP contribution is -2.41. The molecule has 8 nitrogen and oxygen atoms in total. The smallest absolute Gasteiger partial charge is 0.316 e. The molecule has 1 unspecified atom stereocenters. The predicted octanol–water partition coefficient (Wildman–Crippen LogP) is 3.06. The summed E-state index contributed by atoms with van der Waals surface area (Å²) in [6, 6.07) is 4.94. The topological polar surface area (TPSA) is 109 Å². The third kappa shape index (κ3) is 4.48. The van der Waals surface area contributed by atoms with E-state index in [9.17, 15) is 14.7 Å². The van der Waals surface area contributed by atoms with E-state index in [4.69, 9.17) is 0 Å². The molecule has 2 aromatic rings. The highest BCUT2D eigenvalue weighted by Gasteiger charge is 2.30. The summed E-state index contributed by atoms with van der Waals surface area (Å²) in [6.45, 7) is 9.39. The van der Waals surface area contributed by atoms with Crippen molar-refractivity contribution in [2.45, 2.75) is 38.0 Å². The summed E-state index contributed by atoms with van der Waals surface area (Å²) >= 11 is -1.29. The zero-order valence-electron chi connectivity index (χ0n) is 15.3. The number of nitrogens with zero attached hydrogens (tertiary/aromatic N) is 4. The molecule has 2 heterocycles. The van der Waals surface area contributed by atoms with Gasteiger partial charge in [0.05, 0.1) is 22.4 Å². The highest BCUT2D eigenvalue weighted by molar-refractivity contribution is 7.90. The van der Waals surface area contributed by atoms with Crippen LogP contribution in [-0.4, -0.2) is 29.0 Å². The Morgan fingerprint density at radius 2 is 2.15 bits per heavy atom. The predicted molar refractivity (Wildman–Crippen MR) is 102 cm³/mol. The van der Waals surface area contributed by atoms with Crippen LogP contribution in [0.2, 0.25) is 0 Å². The van der Waals surface area contributed by atoms with Crippen molar-refractivity contribution in [1.29, 1.82) is 0 Å². The maximum atomic E-state index is 12.5. The summed E-state index contributed by atoms with van der Waals surface area (Å²) < 4.78 is 16.5. The Kier molecular flexibility index (Phi) is 6.17. The minimum Gasteiger partial charge on any atom is -0.598 e. The molecule has 0 aliphatic rings. The number of nitro groups is 1. The minimum absolute atomic E-state index is 0.108. The fraction of sp³-hybridized carbons (Fsp3) is 0.412. The molecule has 26 heavy (non-hydrogen) atoms. The van der Waals surface area contributed by atoms with E-state index in [1.54, 1.807) is 31.3 Å². The van der Waals surface area contributed by atoms with Gasteiger partial charge in [-0.05, 0) is 39.3 Å². The average Bonchev–Trinajstić information content (AvgIpc) is 2.95. The number of hydrogen-bond acceptors (Lipinski definition) is 6. The van der Waals surface area contributed by atoms with Gasteiger partial charge >= 0.3 is 5.69 Å². The highest BCUT2D eigenvalue weighted by atomic mass is 32.2. The fourth-order valence-corrected chi connectivity index (χ4v) is 3.16. The van der Waals surface area contributed by atoms with Gasteiger partial charge in [0.2, 0.25) is 0 Å². The number of aromatic nitrogens is 3. The fourth-order valence-electron chi connectivity index (χ4n) is 2.34. The molecule has 0 spiro atoms. The summed E-state index contributed by atoms with van der Waals surface area (Å²) in [6.07, 6.45) is 3.45. The normalized spacial score (nSPS) is 14.0. The van der Waals surface area contributed by atoms with Gasteiger partial charge in [-0.3, -0.25) is 14.8 Å². The van der Waals surface area contributed by atoms with Crippen molar-refractivity contribution in [2.24, 2.45) is 7.05 Å². The van der Waals surface area contributed by atoms with Crippen LogP contribution in [0, 0.1) is 10.1 Å². The molecule has 0 amide bonds. The molecule has 0 aromatic carbocycles. The standard InChI is InChI=1S/C17H23N5O3S/c1-6-8-13(20-26(25)17(2,3)4)12-9-7-10-14(19-12)16-15(22(23)24)11-18-21(16)5/h6-7,9-11,13,20H,1,8H2,2-5H3/t13?,26-/m0/s1. The van der Waals surface area contributed by atoms with E-state index >= 15 is 0 Å². The number of rotatable bonds is 7. The molecule has 140 valence electrons. The summed E-state index contributed by atoms with van der Waals surface area (Å²) in [7, 11) is 1.63. The van der Waals surface area contributed by atoms with Crippen LogP contribution in [0.15, 0.2) is 37.1 Å². The Morgan fingerprint density at radius 3 is 2.73 bits per heavy atom. The lowest BCUT2D eigenvalue weighted by Gasteiger charge is -2.27. The molecule has 9 heteroatoms. The molecule has 2 atom stereocenters. The van der Waals surface area contributed by atoms with Gasteiger partial charge in [0.15, 0.2) is 5.69 Å². The largest absolute Gasteiger partial charge is 0.598 e. The van der Waals surface area contributed by atoms with Gasteiger partial charge < -0.3 is 4.55 Å². The minimum atomic E-state index is -1.29. The van der Waals surface area contributed by atoms with Crippen molar-refractivity contribution >= 4 is 17.0 Å². The van der Waals surface area contributed by atoms with Gasteiger partial charge in [0, 0.05) is 18.4 Å². The summed E-state index contributed by atoms with van der Waals surface area (Å²) in [5.74, 6) is 0. The van der Waals surface area contributed by atoms with E-state index in [0.717, 1.165) is 0 Å². The van der Waals surface area contributed by atoms with Crippen LogP contribution >= 0.6 is 0 Å². The van der Waals surface area contributed by atoms with Crippen molar-refractivity contribution in [3.05, 3.63) is 52.9 Å². The zero-order chi connectivity index (χ0) is 19.5. The SMILES string of the molecule is C=CCC(N[S@@+]([O-])C(C)(C)C)c1cccc(-c2c([N+](=O)[O-])cnn2C)n1. The molecule has 0 fully saturated rings. The summed E-state index contributed by atoms with van der Waals surface area (Å²) in [5, 5.41) is 15.2. The average molecular weight is 377 g/mol. The molecule has 0 saturated heterocycles. The van der Waals surface area contributed by atoms with Crippen LogP contribution in [0.3, 0.4) is 0 Å². The number of hydrogen-bond donors (Lipinski definition) is 1. The van der Waals surface area contributed by atoms with Crippen molar-refractivity contribution in [2.75, 3.05) is 0 Å². The first-order valence-corrected chi connectivity index (χ1v) is 9.22. The molecule has 0 aliphatic heterocycles. The lowest BCUT2D eigenvalue weighted by molar-refractivity contribution is -0.384. The van der Waals surface area contributed by atoms with Gasteiger partial charge in [-0.1, -0.05) is 12.1 Å². The van der Waals surface area contributed by atoms with Gasteiger partial charge in [-0.25, -0.2) is 4.98 Å². The molecule has 2 aromatic heterocycles. The second-order valence-electron chi connectivity index (χ2n) is 6.78. The van der Waals surface area contributed by atoms with Crippen LogP contribution in [0.25, 0.3) is 11.4 Å². The number of nitrogens with one attached hydrogen (secondary N) is 1. The maximum absolute atomic E-state index is 12.5. The first-order valence-electron chi connectivity index (χ1n) is 8.07. The number of pyridine rings is 1. The Morgan fingerprint density at radius 1 is 1.46 bits per heavy atom. The maximum Gasteiger partial charge on any atom is 0.316 e. The first kappa shape index (κ1) is 20.1. The Bertz CT molecular complexity index is 800. The first-order chi connectivity index (χ1) is 12.1. The second-order valence-corrected chi connectivity index (χ2v) is 8.78. The van der Waals surface area contributed by atoms with Crippen molar-refractivity contribution in [1.82, 2.24) is 19.5 Å². The molecule has 0 saturated carbocycles. The van der Waals surface area contributed by atoms with Crippen molar-refractivity contribution < 1.29 is 9.48 Å². The van der Waals surface area contributed by atoms with E-state index in [0.29, 0.717) is 23.5 Å². The van der Waals surface area contributed by atoms with E-state index in [-0.39, 0.29) is 11.7 Å². The summed E-state index contributed by atoms with van der Waals surface area (Å²) in [5.41, 5.74) is 1.29. The second kappa shape index (κ2) is 7.98. The van der Waals surface area contributed by atoms with Crippen LogP contribution in [0.1, 0.15) is 38.9 Å². The van der Waals surface area contributed by atoms with Gasteiger partial charge in [0.1, 0.15) is 10.9 Å². The third-order valence-electron chi connectivity index (χ3n) is 3.69. The molecule has 0 aliphatic carbocycles. The van der Waals surface area contributed by atoms with E-state index < -0.39 is 21.0 Å². The molecular weight excluding hydrogens is 354 g/mol. The number of aryl methyl sites for hydroxylation is 1. The Labute approximate surface area is 155 Å². The molecule has 1 N–H and O–H groups in total. The lowest BCUT2D eigenvalue weighted by atomic mass is 10.1. The van der Waals surface area contributed by atoms with Crippen LogP contribution < -0.4 is 4.72 Å². The summed E-state index contributed by atoms with van der Waals surface area (Å²) in [4.78, 5) is 15.3. The van der Waals surface area contributed by atoms with Gasteiger partial charge in [-0.15, -0.1) is 11.3 Å². The van der Waals surface area contributed by atoms with Crippen LogP contribution in [0.4, 0.5) is 5.69 Å². The van der Waals surface area contributed by atoms with Crippen LogP contribution in [0.5, 0.6) is 0 Å². The van der Waals surface area contributed by atoms with E-state index in [1.807, 2.05) is 20.8 Å². The van der Waals surface area contributed by atoms with E-state index in [1.165, 1.54) is 10.9 Å². The molecule has 0 bridgehead atoms.